The molecule has 1 aliphatic heterocycles. The van der Waals surface area contributed by atoms with Crippen molar-refractivity contribution in [3.63, 3.8) is 0 Å². The summed E-state index contributed by atoms with van der Waals surface area (Å²) in [5.41, 5.74) is 0.863. The van der Waals surface area contributed by atoms with Gasteiger partial charge >= 0.3 is 6.36 Å². The summed E-state index contributed by atoms with van der Waals surface area (Å²) >= 11 is 0. The Morgan fingerprint density at radius 2 is 1.83 bits per heavy atom. The molecular weight excluding hydrogens is 323 g/mol. The van der Waals surface area contributed by atoms with E-state index in [4.69, 9.17) is 4.74 Å². The molecule has 0 aliphatic carbocycles. The number of anilines is 1. The first kappa shape index (κ1) is 16.2. The van der Waals surface area contributed by atoms with E-state index in [1.54, 1.807) is 0 Å². The molecule has 1 heterocycles. The van der Waals surface area contributed by atoms with E-state index in [-0.39, 0.29) is 12.3 Å². The van der Waals surface area contributed by atoms with Crippen molar-refractivity contribution in [2.24, 2.45) is 5.92 Å². The Morgan fingerprint density at radius 1 is 1.12 bits per heavy atom. The molecule has 3 rings (SSSR count). The third-order valence-electron chi connectivity index (χ3n) is 3.62. The number of halogens is 3. The predicted octanol–water partition coefficient (Wildman–Crippen LogP) is 3.78. The summed E-state index contributed by atoms with van der Waals surface area (Å²) in [6.07, 6.45) is -4.36. The first-order valence-electron chi connectivity index (χ1n) is 7.29. The average Bonchev–Trinajstić information content (AvgIpc) is 2.55. The summed E-state index contributed by atoms with van der Waals surface area (Å²) < 4.78 is 46.7. The van der Waals surface area contributed by atoms with Crippen molar-refractivity contribution in [3.8, 4) is 11.5 Å². The lowest BCUT2D eigenvalue weighted by molar-refractivity contribution is -0.274. The van der Waals surface area contributed by atoms with Gasteiger partial charge in [0.2, 0.25) is 5.91 Å². The number of para-hydroxylation sites is 3. The lowest BCUT2D eigenvalue weighted by atomic mass is 9.96. The van der Waals surface area contributed by atoms with Crippen LogP contribution in [0.25, 0.3) is 0 Å². The summed E-state index contributed by atoms with van der Waals surface area (Å²) in [7, 11) is 0. The number of fused-ring (bicyclic) bond motifs is 1. The number of benzene rings is 2. The number of nitrogens with one attached hydrogen (secondary N) is 1. The lowest BCUT2D eigenvalue weighted by Crippen LogP contribution is -2.32. The summed E-state index contributed by atoms with van der Waals surface area (Å²) in [4.78, 5) is 12.4. The number of ether oxygens (including phenoxy) is 2. The van der Waals surface area contributed by atoms with E-state index < -0.39 is 23.9 Å². The van der Waals surface area contributed by atoms with Crippen LogP contribution in [0.2, 0.25) is 0 Å². The molecule has 7 heteroatoms. The SMILES string of the molecule is O=C(Nc1ccccc1OC(F)(F)F)C1COc2ccccc2C1. The fourth-order valence-electron chi connectivity index (χ4n) is 2.51. The van der Waals surface area contributed by atoms with Crippen LogP contribution >= 0.6 is 0 Å². The molecule has 1 amide bonds. The molecule has 1 N–H and O–H groups in total. The van der Waals surface area contributed by atoms with Crippen molar-refractivity contribution in [2.75, 3.05) is 11.9 Å². The highest BCUT2D eigenvalue weighted by molar-refractivity contribution is 5.94. The quantitative estimate of drug-likeness (QED) is 0.927. The molecule has 1 atom stereocenters. The zero-order valence-corrected chi connectivity index (χ0v) is 12.5. The van der Waals surface area contributed by atoms with Gasteiger partial charge < -0.3 is 14.8 Å². The van der Waals surface area contributed by atoms with E-state index in [0.717, 1.165) is 17.4 Å². The molecule has 1 aliphatic rings. The number of hydrogen-bond acceptors (Lipinski definition) is 3. The first-order chi connectivity index (χ1) is 11.4. The van der Waals surface area contributed by atoms with Crippen LogP contribution in [0.5, 0.6) is 11.5 Å². The molecule has 2 aromatic carbocycles. The van der Waals surface area contributed by atoms with Gasteiger partial charge in [0.05, 0.1) is 11.6 Å². The van der Waals surface area contributed by atoms with Crippen LogP contribution < -0.4 is 14.8 Å². The summed E-state index contributed by atoms with van der Waals surface area (Å²) in [6.45, 7) is 0.172. The van der Waals surface area contributed by atoms with Crippen LogP contribution in [-0.2, 0) is 11.2 Å². The van der Waals surface area contributed by atoms with E-state index in [2.05, 4.69) is 10.1 Å². The fourth-order valence-corrected chi connectivity index (χ4v) is 2.51. The van der Waals surface area contributed by atoms with Crippen molar-refractivity contribution < 1.29 is 27.4 Å². The lowest BCUT2D eigenvalue weighted by Gasteiger charge is -2.24. The highest BCUT2D eigenvalue weighted by Gasteiger charge is 2.33. The molecule has 0 saturated heterocycles. The molecule has 24 heavy (non-hydrogen) atoms. The van der Waals surface area contributed by atoms with Crippen molar-refractivity contribution in [1.82, 2.24) is 0 Å². The maximum atomic E-state index is 12.4. The monoisotopic (exact) mass is 337 g/mol. The van der Waals surface area contributed by atoms with Crippen molar-refractivity contribution in [1.29, 1.82) is 0 Å². The predicted molar refractivity (Wildman–Crippen MR) is 80.9 cm³/mol. The highest BCUT2D eigenvalue weighted by atomic mass is 19.4. The number of rotatable bonds is 3. The zero-order valence-electron chi connectivity index (χ0n) is 12.5. The van der Waals surface area contributed by atoms with Gasteiger partial charge in [-0.2, -0.15) is 0 Å². The smallest absolute Gasteiger partial charge is 0.492 e. The van der Waals surface area contributed by atoms with Gasteiger partial charge in [-0.05, 0) is 30.2 Å². The number of alkyl halides is 3. The van der Waals surface area contributed by atoms with Gasteiger partial charge in [0, 0.05) is 0 Å². The molecule has 0 spiro atoms. The van der Waals surface area contributed by atoms with Crippen LogP contribution in [0.1, 0.15) is 5.56 Å². The number of amides is 1. The minimum atomic E-state index is -4.83. The largest absolute Gasteiger partial charge is 0.573 e. The van der Waals surface area contributed by atoms with Gasteiger partial charge in [-0.1, -0.05) is 30.3 Å². The minimum Gasteiger partial charge on any atom is -0.492 e. The molecule has 4 nitrogen and oxygen atoms in total. The van der Waals surface area contributed by atoms with Gasteiger partial charge in [-0.15, -0.1) is 13.2 Å². The van der Waals surface area contributed by atoms with E-state index in [1.807, 2.05) is 24.3 Å². The Balaban J connectivity index is 1.72. The second kappa shape index (κ2) is 6.43. The molecule has 0 fully saturated rings. The molecule has 0 bridgehead atoms. The van der Waals surface area contributed by atoms with E-state index in [9.17, 15) is 18.0 Å². The second-order valence-electron chi connectivity index (χ2n) is 5.35. The van der Waals surface area contributed by atoms with Crippen LogP contribution in [-0.4, -0.2) is 18.9 Å². The Hall–Kier alpha value is -2.70. The minimum absolute atomic E-state index is 0.0290. The molecule has 0 saturated carbocycles. The number of carbonyl (C=O) groups is 1. The van der Waals surface area contributed by atoms with Crippen LogP contribution in [0.3, 0.4) is 0 Å². The van der Waals surface area contributed by atoms with E-state index in [1.165, 1.54) is 18.2 Å². The Morgan fingerprint density at radius 3 is 2.62 bits per heavy atom. The summed E-state index contributed by atoms with van der Waals surface area (Å²) in [5, 5.41) is 2.49. The Labute approximate surface area is 136 Å². The third-order valence-corrected chi connectivity index (χ3v) is 3.62. The topological polar surface area (TPSA) is 47.6 Å². The van der Waals surface area contributed by atoms with Crippen LogP contribution in [0.15, 0.2) is 48.5 Å². The zero-order chi connectivity index (χ0) is 17.2. The maximum absolute atomic E-state index is 12.4. The van der Waals surface area contributed by atoms with E-state index in [0.29, 0.717) is 6.42 Å². The Bertz CT molecular complexity index is 746. The van der Waals surface area contributed by atoms with Crippen LogP contribution in [0.4, 0.5) is 18.9 Å². The maximum Gasteiger partial charge on any atom is 0.573 e. The van der Waals surface area contributed by atoms with Crippen molar-refractivity contribution >= 4 is 11.6 Å². The summed E-state index contributed by atoms with van der Waals surface area (Å²) in [6, 6.07) is 12.8. The third kappa shape index (κ3) is 3.79. The van der Waals surface area contributed by atoms with E-state index >= 15 is 0 Å². The molecule has 0 aromatic heterocycles. The van der Waals surface area contributed by atoms with Gasteiger partial charge in [0.25, 0.3) is 0 Å². The summed E-state index contributed by atoms with van der Waals surface area (Å²) in [5.74, 6) is -0.626. The second-order valence-corrected chi connectivity index (χ2v) is 5.35. The molecule has 126 valence electrons. The molecular formula is C17H14F3NO3. The van der Waals surface area contributed by atoms with Gasteiger partial charge in [-0.3, -0.25) is 4.79 Å². The van der Waals surface area contributed by atoms with Crippen molar-refractivity contribution in [3.05, 3.63) is 54.1 Å². The average molecular weight is 337 g/mol. The number of carbonyl (C=O) groups excluding carboxylic acids is 1. The molecule has 1 unspecified atom stereocenters. The van der Waals surface area contributed by atoms with Gasteiger partial charge in [-0.25, -0.2) is 0 Å². The van der Waals surface area contributed by atoms with Crippen molar-refractivity contribution in [2.45, 2.75) is 12.8 Å². The standard InChI is InChI=1S/C17H14F3NO3/c18-17(19,20)24-15-8-4-2-6-13(15)21-16(22)12-9-11-5-1-3-7-14(11)23-10-12/h1-8,12H,9-10H2,(H,21,22). The highest BCUT2D eigenvalue weighted by Crippen LogP contribution is 2.31. The molecule has 2 aromatic rings. The fraction of sp³-hybridized carbons (Fsp3) is 0.235. The molecule has 0 radical (unpaired) electrons. The Kier molecular flexibility index (Phi) is 4.33. The van der Waals surface area contributed by atoms with Crippen LogP contribution in [0, 0.1) is 5.92 Å². The van der Waals surface area contributed by atoms with Gasteiger partial charge in [0.1, 0.15) is 12.4 Å². The van der Waals surface area contributed by atoms with Gasteiger partial charge in [0.15, 0.2) is 5.75 Å². The normalized spacial score (nSPS) is 16.7. The first-order valence-corrected chi connectivity index (χ1v) is 7.29. The number of hydrogen-bond donors (Lipinski definition) is 1.